The molecule has 2 aromatic rings. The van der Waals surface area contributed by atoms with Crippen LogP contribution in [0.15, 0.2) is 51.8 Å². The quantitative estimate of drug-likeness (QED) is 0.735. The Morgan fingerprint density at radius 3 is 2.48 bits per heavy atom. The Morgan fingerprint density at radius 1 is 1.17 bits per heavy atom. The van der Waals surface area contributed by atoms with E-state index in [0.717, 1.165) is 10.9 Å². The minimum atomic E-state index is -0.153. The molecule has 2 nitrogen and oxygen atoms in total. The van der Waals surface area contributed by atoms with Crippen LogP contribution in [0.1, 0.15) is 25.0 Å². The average molecular weight is 415 g/mol. The first-order chi connectivity index (χ1) is 10.4. The van der Waals surface area contributed by atoms with Crippen LogP contribution in [-0.4, -0.2) is 16.4 Å². The first-order valence-electron chi connectivity index (χ1n) is 7.38. The Morgan fingerprint density at radius 2 is 1.83 bits per heavy atom. The van der Waals surface area contributed by atoms with Crippen LogP contribution in [0.25, 0.3) is 0 Å². The zero-order chi connectivity index (χ0) is 15.9. The van der Waals surface area contributed by atoms with Gasteiger partial charge in [-0.05, 0) is 53.9 Å². The van der Waals surface area contributed by atoms with Crippen molar-refractivity contribution < 1.29 is 5.11 Å². The molecule has 0 spiro atoms. The molecule has 124 valence electrons. The lowest BCUT2D eigenvalue weighted by Crippen LogP contribution is -2.52. The maximum absolute atomic E-state index is 9.78. The number of halogens is 2. The summed E-state index contributed by atoms with van der Waals surface area (Å²) in [6.45, 7) is 4.34. The molecule has 3 rings (SSSR count). The number of thioether (sulfide) groups is 1. The summed E-state index contributed by atoms with van der Waals surface area (Å²) < 4.78 is 1.09. The topological polar surface area (TPSA) is 46.2 Å². The molecule has 0 saturated carbocycles. The van der Waals surface area contributed by atoms with Gasteiger partial charge in [0.1, 0.15) is 5.75 Å². The molecule has 5 heteroatoms. The largest absolute Gasteiger partial charge is 0.508 e. The lowest BCUT2D eigenvalue weighted by Gasteiger charge is -2.43. The predicted molar refractivity (Wildman–Crippen MR) is 104 cm³/mol. The van der Waals surface area contributed by atoms with Crippen LogP contribution < -0.4 is 5.73 Å². The highest BCUT2D eigenvalue weighted by Crippen LogP contribution is 2.43. The average Bonchev–Trinajstić information content (AvgIpc) is 2.48. The van der Waals surface area contributed by atoms with Gasteiger partial charge in [-0.1, -0.05) is 35.8 Å². The Bertz CT molecular complexity index is 690. The van der Waals surface area contributed by atoms with Gasteiger partial charge < -0.3 is 10.8 Å². The first-order valence-corrected chi connectivity index (χ1v) is 9.05. The van der Waals surface area contributed by atoms with Gasteiger partial charge in [-0.15, -0.1) is 24.2 Å². The SMILES string of the molecule is CC1(C)c2cc(O)ccc2C[C@@H](Sc2ccc(Br)cc2)[C@@H]1N.Cl. The number of nitrogens with two attached hydrogens (primary N) is 1. The lowest BCUT2D eigenvalue weighted by atomic mass is 9.69. The minimum absolute atomic E-state index is 0. The number of phenols is 1. The molecule has 1 aliphatic carbocycles. The maximum Gasteiger partial charge on any atom is 0.115 e. The zero-order valence-corrected chi connectivity index (χ0v) is 16.3. The third kappa shape index (κ3) is 3.71. The number of aromatic hydroxyl groups is 1. The van der Waals surface area contributed by atoms with Gasteiger partial charge in [0.2, 0.25) is 0 Å². The van der Waals surface area contributed by atoms with Crippen molar-refractivity contribution in [2.45, 2.75) is 41.9 Å². The van der Waals surface area contributed by atoms with Crippen molar-refractivity contribution in [1.82, 2.24) is 0 Å². The summed E-state index contributed by atoms with van der Waals surface area (Å²) in [5.74, 6) is 0.318. The third-order valence-electron chi connectivity index (χ3n) is 4.54. The molecular formula is C18H21BrClNOS. The normalized spacial score (nSPS) is 22.1. The molecule has 0 amide bonds. The lowest BCUT2D eigenvalue weighted by molar-refractivity contribution is 0.369. The van der Waals surface area contributed by atoms with Gasteiger partial charge in [0, 0.05) is 26.1 Å². The van der Waals surface area contributed by atoms with Gasteiger partial charge in [-0.25, -0.2) is 0 Å². The molecule has 23 heavy (non-hydrogen) atoms. The summed E-state index contributed by atoms with van der Waals surface area (Å²) in [5, 5.41) is 10.1. The molecule has 0 radical (unpaired) electrons. The molecule has 0 unspecified atom stereocenters. The summed E-state index contributed by atoms with van der Waals surface area (Å²) in [5.41, 5.74) is 8.90. The Hall–Kier alpha value is -0.680. The maximum atomic E-state index is 9.78. The molecule has 2 aromatic carbocycles. The summed E-state index contributed by atoms with van der Waals surface area (Å²) >= 11 is 5.31. The fourth-order valence-corrected chi connectivity index (χ4v) is 4.79. The first kappa shape index (κ1) is 18.7. The highest BCUT2D eigenvalue weighted by atomic mass is 79.9. The summed E-state index contributed by atoms with van der Waals surface area (Å²) in [4.78, 5) is 1.24. The minimum Gasteiger partial charge on any atom is -0.508 e. The van der Waals surface area contributed by atoms with E-state index in [1.807, 2.05) is 23.9 Å². The van der Waals surface area contributed by atoms with E-state index in [9.17, 15) is 5.11 Å². The van der Waals surface area contributed by atoms with Crippen LogP contribution in [0.4, 0.5) is 0 Å². The van der Waals surface area contributed by atoms with E-state index in [1.165, 1.54) is 16.0 Å². The number of hydrogen-bond donors (Lipinski definition) is 2. The van der Waals surface area contributed by atoms with Crippen LogP contribution >= 0.6 is 40.1 Å². The summed E-state index contributed by atoms with van der Waals surface area (Å²) in [6, 6.07) is 14.1. The molecule has 0 aromatic heterocycles. The van der Waals surface area contributed by atoms with E-state index < -0.39 is 0 Å². The van der Waals surface area contributed by atoms with Crippen molar-refractivity contribution in [2.75, 3.05) is 0 Å². The fraction of sp³-hybridized carbons (Fsp3) is 0.333. The smallest absolute Gasteiger partial charge is 0.115 e. The Balaban J connectivity index is 0.00000192. The molecule has 2 atom stereocenters. The van der Waals surface area contributed by atoms with E-state index >= 15 is 0 Å². The second-order valence-corrected chi connectivity index (χ2v) is 8.63. The highest BCUT2D eigenvalue weighted by Gasteiger charge is 2.40. The van der Waals surface area contributed by atoms with Gasteiger partial charge in [-0.3, -0.25) is 0 Å². The van der Waals surface area contributed by atoms with Crippen LogP contribution in [0.2, 0.25) is 0 Å². The highest BCUT2D eigenvalue weighted by molar-refractivity contribution is 9.10. The fourth-order valence-electron chi connectivity index (χ4n) is 3.13. The van der Waals surface area contributed by atoms with Gasteiger partial charge >= 0.3 is 0 Å². The number of benzene rings is 2. The predicted octanol–water partition coefficient (Wildman–Crippen LogP) is 4.90. The van der Waals surface area contributed by atoms with Crippen molar-refractivity contribution in [3.63, 3.8) is 0 Å². The van der Waals surface area contributed by atoms with Crippen LogP contribution in [0.5, 0.6) is 5.75 Å². The van der Waals surface area contributed by atoms with Crippen molar-refractivity contribution in [3.8, 4) is 5.75 Å². The van der Waals surface area contributed by atoms with Crippen molar-refractivity contribution >= 4 is 40.1 Å². The van der Waals surface area contributed by atoms with Crippen LogP contribution in [-0.2, 0) is 11.8 Å². The molecule has 0 saturated heterocycles. The number of fused-ring (bicyclic) bond motifs is 1. The second kappa shape index (κ2) is 7.06. The van der Waals surface area contributed by atoms with E-state index in [1.54, 1.807) is 6.07 Å². The molecule has 0 fully saturated rings. The molecular weight excluding hydrogens is 394 g/mol. The van der Waals surface area contributed by atoms with Crippen LogP contribution in [0, 0.1) is 0 Å². The van der Waals surface area contributed by atoms with Gasteiger partial charge in [0.05, 0.1) is 0 Å². The number of phenolic OH excluding ortho intramolecular Hbond substituents is 1. The Kier molecular flexibility index (Phi) is 5.72. The van der Waals surface area contributed by atoms with Gasteiger partial charge in [-0.2, -0.15) is 0 Å². The van der Waals surface area contributed by atoms with E-state index in [4.69, 9.17) is 5.73 Å². The monoisotopic (exact) mass is 413 g/mol. The molecule has 0 aliphatic heterocycles. The Labute approximate surface area is 156 Å². The number of rotatable bonds is 2. The standard InChI is InChI=1S/C18H20BrNOS.ClH/c1-18(2)15-10-13(21)6-3-11(15)9-16(17(18)20)22-14-7-4-12(19)5-8-14;/h3-8,10,16-17,21H,9,20H2,1-2H3;1H/t16-,17+;/m1./s1. The molecule has 0 bridgehead atoms. The van der Waals surface area contributed by atoms with Crippen molar-refractivity contribution in [1.29, 1.82) is 0 Å². The van der Waals surface area contributed by atoms with Gasteiger partial charge in [0.15, 0.2) is 0 Å². The molecule has 3 N–H and O–H groups in total. The van der Waals surface area contributed by atoms with E-state index in [2.05, 4.69) is 54.0 Å². The van der Waals surface area contributed by atoms with Gasteiger partial charge in [0.25, 0.3) is 0 Å². The molecule has 0 heterocycles. The third-order valence-corrected chi connectivity index (χ3v) is 6.38. The molecule has 1 aliphatic rings. The van der Waals surface area contributed by atoms with Crippen LogP contribution in [0.3, 0.4) is 0 Å². The zero-order valence-electron chi connectivity index (χ0n) is 13.1. The van der Waals surface area contributed by atoms with Crippen molar-refractivity contribution in [3.05, 3.63) is 58.1 Å². The second-order valence-electron chi connectivity index (χ2n) is 6.40. The summed E-state index contributed by atoms with van der Waals surface area (Å²) in [7, 11) is 0. The van der Waals surface area contributed by atoms with Crippen molar-refractivity contribution in [2.24, 2.45) is 5.73 Å². The number of hydrogen-bond acceptors (Lipinski definition) is 3. The van der Waals surface area contributed by atoms with E-state index in [-0.39, 0.29) is 23.9 Å². The summed E-state index contributed by atoms with van der Waals surface area (Å²) in [6.07, 6.45) is 0.931. The van der Waals surface area contributed by atoms with E-state index in [0.29, 0.717) is 11.0 Å².